The summed E-state index contributed by atoms with van der Waals surface area (Å²) in [6.45, 7) is 6.78. The summed E-state index contributed by atoms with van der Waals surface area (Å²) in [4.78, 5) is 13.2. The Labute approximate surface area is 86.5 Å². The minimum Gasteiger partial charge on any atom is -0.312 e. The minimum absolute atomic E-state index is 0.0681. The fourth-order valence-corrected chi connectivity index (χ4v) is 1.22. The predicted octanol–water partition coefficient (Wildman–Crippen LogP) is 2.08. The molecule has 0 radical (unpaired) electrons. The van der Waals surface area contributed by atoms with E-state index in [0.29, 0.717) is 11.1 Å². The summed E-state index contributed by atoms with van der Waals surface area (Å²) in [6, 6.07) is 6.28. The van der Waals surface area contributed by atoms with Crippen LogP contribution in [0.2, 0.25) is 0 Å². The molecule has 15 heavy (non-hydrogen) atoms. The lowest BCUT2D eigenvalue weighted by Gasteiger charge is -1.98. The summed E-state index contributed by atoms with van der Waals surface area (Å²) in [5.74, 6) is 0. The molecule has 74 valence electrons. The van der Waals surface area contributed by atoms with Crippen molar-refractivity contribution in [2.45, 2.75) is 13.0 Å². The molecular formula is C10H7N3O2. The summed E-state index contributed by atoms with van der Waals surface area (Å²) in [6.07, 6.45) is 0.118. The van der Waals surface area contributed by atoms with Gasteiger partial charge in [0.25, 0.3) is 5.69 Å². The van der Waals surface area contributed by atoms with E-state index in [1.54, 1.807) is 6.07 Å². The van der Waals surface area contributed by atoms with Crippen LogP contribution in [0.5, 0.6) is 0 Å². The Morgan fingerprint density at radius 3 is 2.67 bits per heavy atom. The highest BCUT2D eigenvalue weighted by atomic mass is 16.6. The van der Waals surface area contributed by atoms with Gasteiger partial charge in [-0.15, -0.1) is 0 Å². The molecule has 0 atom stereocenters. The lowest BCUT2D eigenvalue weighted by molar-refractivity contribution is -0.385. The molecule has 0 spiro atoms. The van der Waals surface area contributed by atoms with Crippen molar-refractivity contribution in [1.82, 2.24) is 0 Å². The zero-order valence-electron chi connectivity index (χ0n) is 7.80. The molecule has 0 unspecified atom stereocenters. The van der Waals surface area contributed by atoms with Gasteiger partial charge in [0.05, 0.1) is 17.4 Å². The maximum Gasteiger partial charge on any atom is 0.270 e. The summed E-state index contributed by atoms with van der Waals surface area (Å²) >= 11 is 0. The van der Waals surface area contributed by atoms with Gasteiger partial charge in [0, 0.05) is 17.7 Å². The maximum atomic E-state index is 10.6. The third-order valence-electron chi connectivity index (χ3n) is 1.79. The van der Waals surface area contributed by atoms with Gasteiger partial charge in [-0.25, -0.2) is 6.57 Å². The first kappa shape index (κ1) is 10.7. The average molecular weight is 201 g/mol. The van der Waals surface area contributed by atoms with Gasteiger partial charge in [0.2, 0.25) is 6.54 Å². The van der Waals surface area contributed by atoms with Crippen LogP contribution in [0.1, 0.15) is 11.1 Å². The quantitative estimate of drug-likeness (QED) is 0.427. The molecule has 1 aromatic carbocycles. The van der Waals surface area contributed by atoms with Crippen LogP contribution >= 0.6 is 0 Å². The van der Waals surface area contributed by atoms with Crippen LogP contribution in [-0.4, -0.2) is 4.92 Å². The normalized spacial score (nSPS) is 8.93. The topological polar surface area (TPSA) is 71.3 Å². The third-order valence-corrected chi connectivity index (χ3v) is 1.79. The van der Waals surface area contributed by atoms with E-state index in [0.717, 1.165) is 0 Å². The van der Waals surface area contributed by atoms with E-state index in [-0.39, 0.29) is 18.7 Å². The van der Waals surface area contributed by atoms with Gasteiger partial charge in [0.1, 0.15) is 0 Å². The summed E-state index contributed by atoms with van der Waals surface area (Å²) < 4.78 is 0. The van der Waals surface area contributed by atoms with E-state index in [2.05, 4.69) is 4.85 Å². The minimum atomic E-state index is -0.520. The van der Waals surface area contributed by atoms with Gasteiger partial charge in [-0.1, -0.05) is 0 Å². The highest BCUT2D eigenvalue weighted by Gasteiger charge is 2.10. The number of benzene rings is 1. The zero-order chi connectivity index (χ0) is 11.3. The van der Waals surface area contributed by atoms with Crippen LogP contribution in [0, 0.1) is 28.0 Å². The SMILES string of the molecule is [C-]#[N+]Cc1cc(CC#N)cc([N+](=O)[O-])c1. The second-order valence-electron chi connectivity index (χ2n) is 2.92. The van der Waals surface area contributed by atoms with Gasteiger partial charge in [-0.3, -0.25) is 10.1 Å². The Morgan fingerprint density at radius 2 is 2.13 bits per heavy atom. The van der Waals surface area contributed by atoms with E-state index < -0.39 is 4.92 Å². The standard InChI is InChI=1S/C10H7N3O2/c1-12-7-9-4-8(2-3-11)5-10(6-9)13(14)15/h4-6H,2,7H2. The molecule has 0 aromatic heterocycles. The second kappa shape index (κ2) is 4.73. The molecule has 1 rings (SSSR count). The van der Waals surface area contributed by atoms with Crippen molar-refractivity contribution >= 4 is 5.69 Å². The zero-order valence-corrected chi connectivity index (χ0v) is 7.80. The van der Waals surface area contributed by atoms with Crippen LogP contribution in [0.15, 0.2) is 18.2 Å². The second-order valence-corrected chi connectivity index (χ2v) is 2.92. The van der Waals surface area contributed by atoms with E-state index in [9.17, 15) is 10.1 Å². The van der Waals surface area contributed by atoms with Gasteiger partial charge in [-0.2, -0.15) is 5.26 Å². The van der Waals surface area contributed by atoms with E-state index in [1.807, 2.05) is 6.07 Å². The number of hydrogen-bond donors (Lipinski definition) is 0. The van der Waals surface area contributed by atoms with Crippen LogP contribution in [0.25, 0.3) is 4.85 Å². The van der Waals surface area contributed by atoms with Gasteiger partial charge in [-0.05, 0) is 11.6 Å². The number of hydrogen-bond acceptors (Lipinski definition) is 3. The Bertz CT molecular complexity index is 434. The Hall–Kier alpha value is -2.40. The van der Waals surface area contributed by atoms with Crippen LogP contribution < -0.4 is 0 Å². The van der Waals surface area contributed by atoms with Crippen molar-refractivity contribution in [3.8, 4) is 6.07 Å². The molecule has 0 N–H and O–H groups in total. The lowest BCUT2D eigenvalue weighted by Crippen LogP contribution is -1.93. The van der Waals surface area contributed by atoms with Crippen molar-refractivity contribution in [1.29, 1.82) is 5.26 Å². The molecule has 0 aliphatic rings. The van der Waals surface area contributed by atoms with Crippen LogP contribution in [0.3, 0.4) is 0 Å². The molecule has 5 heteroatoms. The van der Waals surface area contributed by atoms with Gasteiger partial charge in [0.15, 0.2) is 0 Å². The number of non-ortho nitro benzene ring substituents is 1. The van der Waals surface area contributed by atoms with Crippen molar-refractivity contribution in [3.05, 3.63) is 50.9 Å². The molecule has 0 saturated carbocycles. The summed E-state index contributed by atoms with van der Waals surface area (Å²) in [7, 11) is 0. The van der Waals surface area contributed by atoms with Crippen LogP contribution in [-0.2, 0) is 13.0 Å². The van der Waals surface area contributed by atoms with E-state index in [1.165, 1.54) is 12.1 Å². The first-order valence-electron chi connectivity index (χ1n) is 4.14. The monoisotopic (exact) mass is 201 g/mol. The molecule has 0 fully saturated rings. The largest absolute Gasteiger partial charge is 0.312 e. The fraction of sp³-hybridized carbons (Fsp3) is 0.200. The first-order chi connectivity index (χ1) is 7.17. The van der Waals surface area contributed by atoms with E-state index >= 15 is 0 Å². The number of nitro groups is 1. The molecule has 0 aliphatic heterocycles. The number of rotatable bonds is 3. The summed E-state index contributed by atoms with van der Waals surface area (Å²) in [5.41, 5.74) is 1.08. The van der Waals surface area contributed by atoms with E-state index in [4.69, 9.17) is 11.8 Å². The molecule has 0 heterocycles. The van der Waals surface area contributed by atoms with Gasteiger partial charge < -0.3 is 4.85 Å². The highest BCUT2D eigenvalue weighted by molar-refractivity contribution is 5.40. The van der Waals surface area contributed by atoms with Crippen LogP contribution in [0.4, 0.5) is 5.69 Å². The number of nitrogens with zero attached hydrogens (tertiary/aromatic N) is 3. The smallest absolute Gasteiger partial charge is 0.270 e. The average Bonchev–Trinajstić information content (AvgIpc) is 2.18. The number of nitro benzene ring substituents is 1. The first-order valence-corrected chi connectivity index (χ1v) is 4.14. The van der Waals surface area contributed by atoms with Crippen molar-refractivity contribution in [2.75, 3.05) is 0 Å². The molecule has 5 nitrogen and oxygen atoms in total. The molecule has 1 aromatic rings. The summed E-state index contributed by atoms with van der Waals surface area (Å²) in [5, 5.41) is 19.0. The molecule has 0 bridgehead atoms. The predicted molar refractivity (Wildman–Crippen MR) is 52.7 cm³/mol. The van der Waals surface area contributed by atoms with Crippen molar-refractivity contribution < 1.29 is 4.92 Å². The third kappa shape index (κ3) is 2.78. The Morgan fingerprint density at radius 1 is 1.47 bits per heavy atom. The molecule has 0 amide bonds. The van der Waals surface area contributed by atoms with Gasteiger partial charge >= 0.3 is 0 Å². The molecule has 0 aliphatic carbocycles. The lowest BCUT2D eigenvalue weighted by atomic mass is 10.1. The number of nitriles is 1. The maximum absolute atomic E-state index is 10.6. The molecule has 0 saturated heterocycles. The Kier molecular flexibility index (Phi) is 3.37. The molecular weight excluding hydrogens is 194 g/mol. The van der Waals surface area contributed by atoms with Crippen molar-refractivity contribution in [2.24, 2.45) is 0 Å². The van der Waals surface area contributed by atoms with Crippen molar-refractivity contribution in [3.63, 3.8) is 0 Å². The Balaban J connectivity index is 3.16. The highest BCUT2D eigenvalue weighted by Crippen LogP contribution is 2.18. The fourth-order valence-electron chi connectivity index (χ4n) is 1.22.